The fourth-order valence-electron chi connectivity index (χ4n) is 3.23. The van der Waals surface area contributed by atoms with Gasteiger partial charge in [0.1, 0.15) is 11.4 Å². The highest BCUT2D eigenvalue weighted by atomic mass is 16.7. The molecule has 4 rings (SSSR count). The molecule has 0 radical (unpaired) electrons. The van der Waals surface area contributed by atoms with E-state index in [1.807, 2.05) is 0 Å². The van der Waals surface area contributed by atoms with Gasteiger partial charge in [0, 0.05) is 30.7 Å². The molecule has 7 nitrogen and oxygen atoms in total. The predicted molar refractivity (Wildman–Crippen MR) is 102 cm³/mol. The van der Waals surface area contributed by atoms with Gasteiger partial charge in [0.15, 0.2) is 11.5 Å². The van der Waals surface area contributed by atoms with Crippen molar-refractivity contribution in [1.82, 2.24) is 0 Å². The van der Waals surface area contributed by atoms with Crippen molar-refractivity contribution in [2.24, 2.45) is 0 Å². The minimum Gasteiger partial charge on any atom is -0.507 e. The van der Waals surface area contributed by atoms with Gasteiger partial charge in [-0.2, -0.15) is 0 Å². The summed E-state index contributed by atoms with van der Waals surface area (Å²) in [5.41, 5.74) is 0.915. The molecule has 1 N–H and O–H groups in total. The number of anilines is 2. The predicted octanol–water partition coefficient (Wildman–Crippen LogP) is 4.83. The Hall–Kier alpha value is -3.74. The summed E-state index contributed by atoms with van der Waals surface area (Å²) < 4.78 is 16.2. The smallest absolute Gasteiger partial charge is 0.422 e. The minimum atomic E-state index is -1.06. The maximum Gasteiger partial charge on any atom is 0.422 e. The Morgan fingerprint density at radius 2 is 1.68 bits per heavy atom. The van der Waals surface area contributed by atoms with E-state index < -0.39 is 18.4 Å². The highest BCUT2D eigenvalue weighted by Gasteiger charge is 2.33. The van der Waals surface area contributed by atoms with Crippen molar-refractivity contribution in [2.45, 2.75) is 20.1 Å². The summed E-state index contributed by atoms with van der Waals surface area (Å²) in [7, 11) is 0. The number of nitrogens with zero attached hydrogens (tertiary/aromatic N) is 1. The number of phenolic OH excluding ortho intramolecular Hbond substituents is 1. The van der Waals surface area contributed by atoms with E-state index in [1.165, 1.54) is 24.8 Å². The van der Waals surface area contributed by atoms with Crippen LogP contribution in [0.4, 0.5) is 16.2 Å². The lowest BCUT2D eigenvalue weighted by atomic mass is 10.0. The van der Waals surface area contributed by atoms with Crippen LogP contribution in [0.15, 0.2) is 54.6 Å². The van der Waals surface area contributed by atoms with Gasteiger partial charge in [-0.1, -0.05) is 36.4 Å². The number of amides is 1. The molecule has 0 fully saturated rings. The molecule has 1 aliphatic heterocycles. The Morgan fingerprint density at radius 3 is 2.43 bits per heavy atom. The second-order valence-corrected chi connectivity index (χ2v) is 6.25. The standard InChI is InChI=1S/C21H17NO6/c1-12(23)26-13(2)27-21(25)22-16-9-5-6-10-18(16)28-19-11-17(24)14-7-3-4-8-15(14)20(19)22/h3-11,13,24H,1-2H3. The van der Waals surface area contributed by atoms with E-state index in [4.69, 9.17) is 14.2 Å². The molecule has 0 bridgehead atoms. The molecule has 3 aromatic carbocycles. The van der Waals surface area contributed by atoms with Gasteiger partial charge < -0.3 is 19.3 Å². The largest absolute Gasteiger partial charge is 0.507 e. The van der Waals surface area contributed by atoms with E-state index in [-0.39, 0.29) is 5.75 Å². The molecule has 0 saturated carbocycles. The third-order valence-electron chi connectivity index (χ3n) is 4.29. The molecular formula is C21H17NO6. The lowest BCUT2D eigenvalue weighted by Crippen LogP contribution is -2.33. The lowest BCUT2D eigenvalue weighted by molar-refractivity contribution is -0.161. The van der Waals surface area contributed by atoms with Crippen molar-refractivity contribution in [2.75, 3.05) is 4.90 Å². The van der Waals surface area contributed by atoms with E-state index in [0.29, 0.717) is 33.6 Å². The number of para-hydroxylation sites is 2. The van der Waals surface area contributed by atoms with Crippen LogP contribution < -0.4 is 9.64 Å². The van der Waals surface area contributed by atoms with E-state index in [2.05, 4.69) is 0 Å². The number of phenols is 1. The van der Waals surface area contributed by atoms with Gasteiger partial charge in [-0.25, -0.2) is 9.69 Å². The number of esters is 1. The summed E-state index contributed by atoms with van der Waals surface area (Å²) in [5.74, 6) is 0.225. The monoisotopic (exact) mass is 379 g/mol. The lowest BCUT2D eigenvalue weighted by Gasteiger charge is -2.32. The van der Waals surface area contributed by atoms with Crippen LogP contribution >= 0.6 is 0 Å². The molecule has 7 heteroatoms. The molecule has 142 valence electrons. The quantitative estimate of drug-likeness (QED) is 0.507. The molecule has 3 aromatic rings. The Bertz CT molecular complexity index is 1090. The molecule has 0 aromatic heterocycles. The first-order chi connectivity index (χ1) is 13.5. The van der Waals surface area contributed by atoms with Crippen molar-refractivity contribution in [1.29, 1.82) is 0 Å². The van der Waals surface area contributed by atoms with Crippen LogP contribution in [0.3, 0.4) is 0 Å². The topological polar surface area (TPSA) is 85.3 Å². The number of benzene rings is 3. The van der Waals surface area contributed by atoms with E-state index in [0.717, 1.165) is 0 Å². The van der Waals surface area contributed by atoms with Crippen LogP contribution in [-0.2, 0) is 14.3 Å². The summed E-state index contributed by atoms with van der Waals surface area (Å²) in [6.07, 6.45) is -1.80. The third kappa shape index (κ3) is 2.96. The second-order valence-electron chi connectivity index (χ2n) is 6.25. The average molecular weight is 379 g/mol. The highest BCUT2D eigenvalue weighted by Crippen LogP contribution is 2.51. The van der Waals surface area contributed by atoms with Crippen molar-refractivity contribution in [3.05, 3.63) is 54.6 Å². The maximum atomic E-state index is 13.0. The number of aromatic hydroxyl groups is 1. The SMILES string of the molecule is CC(=O)OC(C)OC(=O)N1c2ccccc2Oc2cc(O)c3ccccc3c21. The van der Waals surface area contributed by atoms with E-state index >= 15 is 0 Å². The van der Waals surface area contributed by atoms with Crippen LogP contribution in [-0.4, -0.2) is 23.5 Å². The zero-order valence-electron chi connectivity index (χ0n) is 15.2. The van der Waals surface area contributed by atoms with E-state index in [9.17, 15) is 14.7 Å². The Morgan fingerprint density at radius 1 is 1.00 bits per heavy atom. The molecule has 0 spiro atoms. The minimum absolute atomic E-state index is 0.0373. The summed E-state index contributed by atoms with van der Waals surface area (Å²) in [6.45, 7) is 2.70. The van der Waals surface area contributed by atoms with Gasteiger partial charge in [-0.05, 0) is 12.1 Å². The number of hydrogen-bond donors (Lipinski definition) is 1. The van der Waals surface area contributed by atoms with Crippen molar-refractivity contribution in [3.63, 3.8) is 0 Å². The number of carbonyl (C=O) groups excluding carboxylic acids is 2. The zero-order chi connectivity index (χ0) is 19.8. The summed E-state index contributed by atoms with van der Waals surface area (Å²) in [5, 5.41) is 11.6. The number of fused-ring (bicyclic) bond motifs is 4. The van der Waals surface area contributed by atoms with Crippen molar-refractivity contribution in [3.8, 4) is 17.2 Å². The first-order valence-corrected chi connectivity index (χ1v) is 8.65. The number of hydrogen-bond acceptors (Lipinski definition) is 6. The summed E-state index contributed by atoms with van der Waals surface area (Å²) >= 11 is 0. The van der Waals surface area contributed by atoms with Crippen LogP contribution in [0, 0.1) is 0 Å². The highest BCUT2D eigenvalue weighted by molar-refractivity contribution is 6.11. The van der Waals surface area contributed by atoms with Gasteiger partial charge in [0.05, 0.1) is 5.69 Å². The zero-order valence-corrected chi connectivity index (χ0v) is 15.2. The maximum absolute atomic E-state index is 13.0. The summed E-state index contributed by atoms with van der Waals surface area (Å²) in [6, 6.07) is 15.5. The average Bonchev–Trinajstić information content (AvgIpc) is 2.65. The Balaban J connectivity index is 1.87. The molecule has 1 heterocycles. The Labute approximate surface area is 160 Å². The first-order valence-electron chi connectivity index (χ1n) is 8.65. The molecule has 1 amide bonds. The van der Waals surface area contributed by atoms with Gasteiger partial charge in [0.2, 0.25) is 6.29 Å². The van der Waals surface area contributed by atoms with Crippen LogP contribution in [0.25, 0.3) is 10.8 Å². The first kappa shape index (κ1) is 17.7. The third-order valence-corrected chi connectivity index (χ3v) is 4.29. The van der Waals surface area contributed by atoms with Crippen LogP contribution in [0.2, 0.25) is 0 Å². The molecule has 0 aliphatic carbocycles. The fourth-order valence-corrected chi connectivity index (χ4v) is 3.23. The van der Waals surface area contributed by atoms with Gasteiger partial charge in [0.25, 0.3) is 0 Å². The molecule has 0 saturated heterocycles. The summed E-state index contributed by atoms with van der Waals surface area (Å²) in [4.78, 5) is 25.5. The van der Waals surface area contributed by atoms with Crippen molar-refractivity contribution < 1.29 is 28.9 Å². The molecule has 28 heavy (non-hydrogen) atoms. The number of carbonyl (C=O) groups is 2. The molecule has 1 atom stereocenters. The molecule has 1 unspecified atom stereocenters. The van der Waals surface area contributed by atoms with Crippen LogP contribution in [0.5, 0.6) is 17.2 Å². The van der Waals surface area contributed by atoms with Gasteiger partial charge >= 0.3 is 12.1 Å². The van der Waals surface area contributed by atoms with Crippen molar-refractivity contribution >= 4 is 34.2 Å². The fraction of sp³-hybridized carbons (Fsp3) is 0.143. The second kappa shape index (κ2) is 6.77. The van der Waals surface area contributed by atoms with E-state index in [1.54, 1.807) is 48.5 Å². The number of rotatable bonds is 2. The van der Waals surface area contributed by atoms with Gasteiger partial charge in [-0.15, -0.1) is 0 Å². The van der Waals surface area contributed by atoms with Gasteiger partial charge in [-0.3, -0.25) is 4.79 Å². The normalized spacial score (nSPS) is 13.1. The molecular weight excluding hydrogens is 362 g/mol. The molecule has 1 aliphatic rings. The van der Waals surface area contributed by atoms with Crippen LogP contribution in [0.1, 0.15) is 13.8 Å². The Kier molecular flexibility index (Phi) is 4.27. The number of ether oxygens (including phenoxy) is 3.